The largest absolute Gasteiger partial charge is 0.374 e. The van der Waals surface area contributed by atoms with E-state index in [9.17, 15) is 4.79 Å². The van der Waals surface area contributed by atoms with Crippen molar-refractivity contribution in [3.8, 4) is 0 Å². The molecule has 1 spiro atoms. The van der Waals surface area contributed by atoms with Crippen molar-refractivity contribution in [2.45, 2.75) is 44.4 Å². The second-order valence-corrected chi connectivity index (χ2v) is 6.07. The lowest BCUT2D eigenvalue weighted by Gasteiger charge is -2.45. The molecular weight excluding hydrogens is 266 g/mol. The van der Waals surface area contributed by atoms with Gasteiger partial charge in [-0.1, -0.05) is 18.5 Å². The molecule has 1 aromatic rings. The van der Waals surface area contributed by atoms with Crippen LogP contribution in [0.4, 0.5) is 5.82 Å². The van der Waals surface area contributed by atoms with Gasteiger partial charge in [0.15, 0.2) is 0 Å². The van der Waals surface area contributed by atoms with Gasteiger partial charge in [0.25, 0.3) is 0 Å². The lowest BCUT2D eigenvalue weighted by Crippen LogP contribution is -2.55. The Morgan fingerprint density at radius 2 is 2.42 bits per heavy atom. The number of hydrogen-bond donors (Lipinski definition) is 0. The molecular formula is C13H16ClN3O2. The van der Waals surface area contributed by atoms with Crippen LogP contribution in [0.3, 0.4) is 0 Å². The molecule has 4 heterocycles. The number of ether oxygens (including phenoxy) is 1. The van der Waals surface area contributed by atoms with Gasteiger partial charge in [0.1, 0.15) is 11.0 Å². The minimum absolute atomic E-state index is 0.0890. The van der Waals surface area contributed by atoms with Gasteiger partial charge in [0.05, 0.1) is 18.2 Å². The Morgan fingerprint density at radius 3 is 3.16 bits per heavy atom. The molecule has 3 aliphatic rings. The summed E-state index contributed by atoms with van der Waals surface area (Å²) >= 11 is 6.17. The first kappa shape index (κ1) is 11.7. The Hall–Kier alpha value is -1.07. The third-order valence-electron chi connectivity index (χ3n) is 4.76. The molecule has 3 aliphatic heterocycles. The molecule has 2 atom stereocenters. The number of morpholine rings is 1. The summed E-state index contributed by atoms with van der Waals surface area (Å²) < 4.78 is 7.57. The van der Waals surface area contributed by atoms with Crippen molar-refractivity contribution in [3.63, 3.8) is 0 Å². The topological polar surface area (TPSA) is 47.4 Å². The van der Waals surface area contributed by atoms with Crippen LogP contribution in [0.1, 0.15) is 25.3 Å². The molecule has 0 N–H and O–H groups in total. The predicted octanol–water partition coefficient (Wildman–Crippen LogP) is 1.21. The van der Waals surface area contributed by atoms with Gasteiger partial charge in [-0.2, -0.15) is 4.98 Å². The van der Waals surface area contributed by atoms with Gasteiger partial charge in [-0.05, 0) is 12.8 Å². The van der Waals surface area contributed by atoms with E-state index in [-0.39, 0.29) is 11.2 Å². The standard InChI is InChI=1S/C13H16ClN3O2/c1-2-9-10(14)15-12(18)16-4-3-13-5-8(19-7-13)6-17(13)11(9)16/h8H,2-7H2,1H3/t8-,13-/m0/s1. The molecule has 0 aromatic carbocycles. The number of halogens is 1. The van der Waals surface area contributed by atoms with Gasteiger partial charge in [-0.3, -0.25) is 4.57 Å². The Balaban J connectivity index is 1.96. The Labute approximate surface area is 116 Å². The van der Waals surface area contributed by atoms with Gasteiger partial charge < -0.3 is 9.64 Å². The number of fused-ring (bicyclic) bond motifs is 3. The summed E-state index contributed by atoms with van der Waals surface area (Å²) in [4.78, 5) is 18.4. The SMILES string of the molecule is CCc1c(Cl)nc(=O)n2c1N1C[C@@H]3C[C@@]1(CC2)CO3. The van der Waals surface area contributed by atoms with E-state index in [4.69, 9.17) is 16.3 Å². The lowest BCUT2D eigenvalue weighted by atomic mass is 9.92. The average Bonchev–Trinajstić information content (AvgIpc) is 2.95. The van der Waals surface area contributed by atoms with Crippen LogP contribution in [-0.4, -0.2) is 34.3 Å². The summed E-state index contributed by atoms with van der Waals surface area (Å²) in [5, 5.41) is 0.361. The van der Waals surface area contributed by atoms with Gasteiger partial charge >= 0.3 is 5.69 Å². The molecule has 0 radical (unpaired) electrons. The van der Waals surface area contributed by atoms with Gasteiger partial charge in [-0.15, -0.1) is 0 Å². The summed E-state index contributed by atoms with van der Waals surface area (Å²) in [5.74, 6) is 0.990. The minimum Gasteiger partial charge on any atom is -0.374 e. The van der Waals surface area contributed by atoms with E-state index in [1.807, 2.05) is 0 Å². The highest BCUT2D eigenvalue weighted by Gasteiger charge is 2.54. The first-order valence-corrected chi connectivity index (χ1v) is 7.21. The van der Waals surface area contributed by atoms with E-state index >= 15 is 0 Å². The molecule has 2 saturated heterocycles. The number of aromatic nitrogens is 2. The molecule has 0 saturated carbocycles. The van der Waals surface area contributed by atoms with Crippen molar-refractivity contribution in [1.29, 1.82) is 0 Å². The molecule has 1 aromatic heterocycles. The minimum atomic E-state index is -0.226. The first-order chi connectivity index (χ1) is 9.14. The fraction of sp³-hybridized carbons (Fsp3) is 0.692. The molecule has 102 valence electrons. The molecule has 0 aliphatic carbocycles. The fourth-order valence-corrected chi connectivity index (χ4v) is 4.12. The van der Waals surface area contributed by atoms with E-state index in [0.29, 0.717) is 11.3 Å². The van der Waals surface area contributed by atoms with E-state index in [0.717, 1.165) is 50.3 Å². The molecule has 5 nitrogen and oxygen atoms in total. The van der Waals surface area contributed by atoms with Crippen LogP contribution in [-0.2, 0) is 17.7 Å². The number of hydrogen-bond acceptors (Lipinski definition) is 4. The van der Waals surface area contributed by atoms with E-state index in [1.54, 1.807) is 4.57 Å². The predicted molar refractivity (Wildman–Crippen MR) is 71.9 cm³/mol. The number of nitrogens with zero attached hydrogens (tertiary/aromatic N) is 3. The quantitative estimate of drug-likeness (QED) is 0.726. The summed E-state index contributed by atoms with van der Waals surface area (Å²) in [6.45, 7) is 4.42. The van der Waals surface area contributed by atoms with Crippen molar-refractivity contribution >= 4 is 17.4 Å². The lowest BCUT2D eigenvalue weighted by molar-refractivity contribution is 0.0776. The van der Waals surface area contributed by atoms with Crippen LogP contribution in [0.25, 0.3) is 0 Å². The van der Waals surface area contributed by atoms with Gasteiger partial charge in [0.2, 0.25) is 0 Å². The van der Waals surface area contributed by atoms with Crippen molar-refractivity contribution < 1.29 is 4.74 Å². The second kappa shape index (κ2) is 3.73. The Kier molecular flexibility index (Phi) is 2.30. The molecule has 6 heteroatoms. The van der Waals surface area contributed by atoms with E-state index < -0.39 is 0 Å². The zero-order chi connectivity index (χ0) is 13.2. The van der Waals surface area contributed by atoms with E-state index in [1.165, 1.54) is 0 Å². The average molecular weight is 282 g/mol. The molecule has 19 heavy (non-hydrogen) atoms. The maximum Gasteiger partial charge on any atom is 0.350 e. The van der Waals surface area contributed by atoms with E-state index in [2.05, 4.69) is 16.8 Å². The smallest absolute Gasteiger partial charge is 0.350 e. The van der Waals surface area contributed by atoms with Crippen molar-refractivity contribution in [3.05, 3.63) is 21.2 Å². The third-order valence-corrected chi connectivity index (χ3v) is 5.08. The maximum atomic E-state index is 12.1. The molecule has 2 fully saturated rings. The molecule has 0 unspecified atom stereocenters. The van der Waals surface area contributed by atoms with Crippen molar-refractivity contribution in [2.75, 3.05) is 18.1 Å². The summed E-state index contributed by atoms with van der Waals surface area (Å²) in [5.41, 5.74) is 0.856. The monoisotopic (exact) mass is 281 g/mol. The first-order valence-electron chi connectivity index (χ1n) is 6.83. The van der Waals surface area contributed by atoms with Crippen molar-refractivity contribution in [1.82, 2.24) is 9.55 Å². The normalized spacial score (nSPS) is 31.5. The zero-order valence-corrected chi connectivity index (χ0v) is 11.6. The highest BCUT2D eigenvalue weighted by atomic mass is 35.5. The molecule has 2 bridgehead atoms. The molecule has 0 amide bonds. The number of rotatable bonds is 1. The Bertz CT molecular complexity index is 615. The summed E-state index contributed by atoms with van der Waals surface area (Å²) in [7, 11) is 0. The van der Waals surface area contributed by atoms with Gasteiger partial charge in [-0.25, -0.2) is 4.79 Å². The second-order valence-electron chi connectivity index (χ2n) is 5.71. The van der Waals surface area contributed by atoms with Gasteiger partial charge in [0, 0.05) is 25.1 Å². The van der Waals surface area contributed by atoms with Crippen LogP contribution in [0.2, 0.25) is 5.15 Å². The van der Waals surface area contributed by atoms with Crippen LogP contribution in [0.5, 0.6) is 0 Å². The summed E-state index contributed by atoms with van der Waals surface area (Å²) in [6, 6.07) is 0. The van der Waals surface area contributed by atoms with Crippen LogP contribution >= 0.6 is 11.6 Å². The summed E-state index contributed by atoms with van der Waals surface area (Å²) in [6.07, 6.45) is 3.13. The highest BCUT2D eigenvalue weighted by molar-refractivity contribution is 6.30. The van der Waals surface area contributed by atoms with Crippen molar-refractivity contribution in [2.24, 2.45) is 0 Å². The van der Waals surface area contributed by atoms with Crippen LogP contribution < -0.4 is 10.6 Å². The third kappa shape index (κ3) is 1.40. The molecule has 4 rings (SSSR count). The number of anilines is 1. The zero-order valence-electron chi connectivity index (χ0n) is 10.9. The highest BCUT2D eigenvalue weighted by Crippen LogP contribution is 2.47. The van der Waals surface area contributed by atoms with Crippen LogP contribution in [0, 0.1) is 0 Å². The van der Waals surface area contributed by atoms with Crippen LogP contribution in [0.15, 0.2) is 4.79 Å². The fourth-order valence-electron chi connectivity index (χ4n) is 3.83. The maximum absolute atomic E-state index is 12.1. The Morgan fingerprint density at radius 1 is 1.58 bits per heavy atom.